The van der Waals surface area contributed by atoms with Crippen molar-refractivity contribution in [2.75, 3.05) is 10.6 Å². The number of benzene rings is 2. The summed E-state index contributed by atoms with van der Waals surface area (Å²) in [4.78, 5) is 41.6. The number of nitrogens with two attached hydrogens (primary N) is 2. The summed E-state index contributed by atoms with van der Waals surface area (Å²) >= 11 is 0. The largest absolute Gasteiger partial charge is 0.398 e. The fourth-order valence-electron chi connectivity index (χ4n) is 2.55. The second kappa shape index (κ2) is 7.12. The van der Waals surface area contributed by atoms with Gasteiger partial charge in [0.2, 0.25) is 0 Å². The van der Waals surface area contributed by atoms with Gasteiger partial charge in [-0.05, 0) is 36.8 Å². The second-order valence-corrected chi connectivity index (χ2v) is 5.77. The number of carbonyl (C=O) groups is 3. The Morgan fingerprint density at radius 3 is 2.44 bits per heavy atom. The molecule has 1 aliphatic heterocycles. The quantitative estimate of drug-likeness (QED) is 0.211. The summed E-state index contributed by atoms with van der Waals surface area (Å²) in [5.41, 5.74) is 13.9. The van der Waals surface area contributed by atoms with Gasteiger partial charge in [-0.2, -0.15) is 0 Å². The van der Waals surface area contributed by atoms with Gasteiger partial charge in [-0.25, -0.2) is 9.69 Å². The summed E-state index contributed by atoms with van der Waals surface area (Å²) in [7, 11) is 0. The molecule has 27 heavy (non-hydrogen) atoms. The van der Waals surface area contributed by atoms with E-state index in [1.165, 1.54) is 24.3 Å². The number of imide groups is 1. The van der Waals surface area contributed by atoms with Gasteiger partial charge in [0.25, 0.3) is 11.8 Å². The minimum absolute atomic E-state index is 0.00148. The van der Waals surface area contributed by atoms with Crippen LogP contribution < -0.4 is 16.4 Å². The average Bonchev–Trinajstić information content (AvgIpc) is 3.00. The Labute approximate surface area is 154 Å². The maximum absolute atomic E-state index is 12.2. The highest BCUT2D eigenvalue weighted by molar-refractivity contribution is 6.28. The van der Waals surface area contributed by atoms with Gasteiger partial charge in [-0.1, -0.05) is 23.4 Å². The highest BCUT2D eigenvalue weighted by atomic mass is 16.7. The Morgan fingerprint density at radius 2 is 1.74 bits per heavy atom. The van der Waals surface area contributed by atoms with Gasteiger partial charge in [0.1, 0.15) is 0 Å². The van der Waals surface area contributed by atoms with Crippen LogP contribution in [0.2, 0.25) is 0 Å². The van der Waals surface area contributed by atoms with Gasteiger partial charge in [0, 0.05) is 23.4 Å². The third kappa shape index (κ3) is 3.54. The molecule has 8 nitrogen and oxygen atoms in total. The monoisotopic (exact) mass is 364 g/mol. The van der Waals surface area contributed by atoms with Gasteiger partial charge < -0.3 is 16.3 Å². The van der Waals surface area contributed by atoms with Crippen molar-refractivity contribution in [3.05, 3.63) is 71.3 Å². The number of hydrogen-bond acceptors (Lipinski definition) is 6. The summed E-state index contributed by atoms with van der Waals surface area (Å²) in [6.45, 7) is 1.77. The molecule has 0 bridgehead atoms. The number of anilines is 2. The highest BCUT2D eigenvalue weighted by Crippen LogP contribution is 2.21. The molecule has 2 amide bonds. The molecule has 1 aliphatic rings. The number of amidine groups is 1. The van der Waals surface area contributed by atoms with Crippen LogP contribution in [0.15, 0.2) is 59.8 Å². The molecule has 0 unspecified atom stereocenters. The Balaban J connectivity index is 1.79. The molecule has 0 aromatic heterocycles. The fraction of sp³-hybridized carbons (Fsp3) is 0.0526. The smallest absolute Gasteiger partial charge is 0.365 e. The molecule has 0 saturated carbocycles. The summed E-state index contributed by atoms with van der Waals surface area (Å²) in [5.74, 6) is -1.75. The van der Waals surface area contributed by atoms with Crippen molar-refractivity contribution in [1.82, 2.24) is 0 Å². The van der Waals surface area contributed by atoms with Gasteiger partial charge in [-0.3, -0.25) is 9.59 Å². The van der Waals surface area contributed by atoms with E-state index in [4.69, 9.17) is 16.3 Å². The number of nitrogens with zero attached hydrogens (tertiary/aromatic N) is 2. The third-order valence-electron chi connectivity index (χ3n) is 4.03. The maximum atomic E-state index is 12.2. The van der Waals surface area contributed by atoms with E-state index >= 15 is 0 Å². The molecule has 0 aliphatic carbocycles. The van der Waals surface area contributed by atoms with Crippen LogP contribution in [0.5, 0.6) is 0 Å². The molecule has 0 spiro atoms. The first-order valence-electron chi connectivity index (χ1n) is 7.95. The van der Waals surface area contributed by atoms with E-state index in [-0.39, 0.29) is 17.1 Å². The lowest BCUT2D eigenvalue weighted by Crippen LogP contribution is -2.29. The van der Waals surface area contributed by atoms with Crippen molar-refractivity contribution in [1.29, 1.82) is 0 Å². The Morgan fingerprint density at radius 1 is 1.07 bits per heavy atom. The van der Waals surface area contributed by atoms with Crippen LogP contribution in [-0.4, -0.2) is 23.6 Å². The number of carbonyl (C=O) groups excluding carboxylic acids is 3. The zero-order valence-corrected chi connectivity index (χ0v) is 14.4. The molecule has 3 rings (SSSR count). The molecule has 2 aromatic carbocycles. The molecule has 0 radical (unpaired) electrons. The fourth-order valence-corrected chi connectivity index (χ4v) is 2.55. The first-order valence-corrected chi connectivity index (χ1v) is 7.95. The van der Waals surface area contributed by atoms with Gasteiger partial charge in [0.05, 0.1) is 11.3 Å². The van der Waals surface area contributed by atoms with Crippen LogP contribution in [0, 0.1) is 6.92 Å². The highest BCUT2D eigenvalue weighted by Gasteiger charge is 2.25. The van der Waals surface area contributed by atoms with E-state index in [9.17, 15) is 14.4 Å². The number of amides is 2. The van der Waals surface area contributed by atoms with Gasteiger partial charge >= 0.3 is 5.97 Å². The van der Waals surface area contributed by atoms with Crippen molar-refractivity contribution in [2.24, 2.45) is 10.9 Å². The molecule has 136 valence electrons. The van der Waals surface area contributed by atoms with E-state index in [2.05, 4.69) is 5.16 Å². The van der Waals surface area contributed by atoms with Gasteiger partial charge in [-0.15, -0.1) is 0 Å². The first-order chi connectivity index (χ1) is 12.9. The standard InChI is InChI=1S/C19H16N4O4/c1-11-14(6-3-7-15(11)20)18(21)22-27-19(26)12-4-2-5-13(10-12)23-16(24)8-9-17(23)25/h2-10H,20H2,1H3,(H2,21,22). The van der Waals surface area contributed by atoms with Crippen LogP contribution in [0.25, 0.3) is 0 Å². The van der Waals surface area contributed by atoms with Crippen LogP contribution in [0.4, 0.5) is 11.4 Å². The minimum atomic E-state index is -0.784. The zero-order valence-electron chi connectivity index (χ0n) is 14.4. The molecule has 8 heteroatoms. The SMILES string of the molecule is Cc1c(N)cccc1/C(N)=N/OC(=O)c1cccc(N2C(=O)C=CC2=O)c1. The van der Waals surface area contributed by atoms with Crippen molar-refractivity contribution >= 4 is 35.0 Å². The Hall–Kier alpha value is -3.94. The predicted octanol–water partition coefficient (Wildman–Crippen LogP) is 1.48. The van der Waals surface area contributed by atoms with E-state index in [0.29, 0.717) is 11.3 Å². The number of hydrogen-bond donors (Lipinski definition) is 2. The second-order valence-electron chi connectivity index (χ2n) is 5.77. The normalized spacial score (nSPS) is 14.0. The van der Waals surface area contributed by atoms with Crippen LogP contribution in [0.3, 0.4) is 0 Å². The van der Waals surface area contributed by atoms with E-state index in [1.54, 1.807) is 25.1 Å². The lowest BCUT2D eigenvalue weighted by Gasteiger charge is -2.14. The maximum Gasteiger partial charge on any atom is 0.365 e. The average molecular weight is 364 g/mol. The van der Waals surface area contributed by atoms with Gasteiger partial charge in [0.15, 0.2) is 5.84 Å². The zero-order chi connectivity index (χ0) is 19.6. The molecule has 1 heterocycles. The molecule has 0 atom stereocenters. The summed E-state index contributed by atoms with van der Waals surface area (Å²) in [6, 6.07) is 11.0. The predicted molar refractivity (Wildman–Crippen MR) is 99.8 cm³/mol. The Kier molecular flexibility index (Phi) is 4.71. The van der Waals surface area contributed by atoms with Crippen LogP contribution in [0.1, 0.15) is 21.5 Å². The van der Waals surface area contributed by atoms with Crippen LogP contribution >= 0.6 is 0 Å². The summed E-state index contributed by atoms with van der Waals surface area (Å²) in [6.07, 6.45) is 2.32. The number of nitrogen functional groups attached to an aromatic ring is 1. The lowest BCUT2D eigenvalue weighted by molar-refractivity contribution is -0.119. The molecule has 4 N–H and O–H groups in total. The van der Waals surface area contributed by atoms with Crippen LogP contribution in [-0.2, 0) is 14.4 Å². The minimum Gasteiger partial charge on any atom is -0.398 e. The van der Waals surface area contributed by atoms with Crippen molar-refractivity contribution < 1.29 is 19.2 Å². The number of oxime groups is 1. The van der Waals surface area contributed by atoms with Crippen molar-refractivity contribution in [3.8, 4) is 0 Å². The summed E-state index contributed by atoms with van der Waals surface area (Å²) in [5, 5.41) is 3.66. The van der Waals surface area contributed by atoms with E-state index in [1.807, 2.05) is 0 Å². The molecular formula is C19H16N4O4. The Bertz CT molecular complexity index is 993. The van der Waals surface area contributed by atoms with Crippen molar-refractivity contribution in [2.45, 2.75) is 6.92 Å². The molecule has 0 fully saturated rings. The van der Waals surface area contributed by atoms with E-state index in [0.717, 1.165) is 22.6 Å². The topological polar surface area (TPSA) is 128 Å². The first kappa shape index (κ1) is 17.9. The number of rotatable bonds is 4. The molecule has 0 saturated heterocycles. The molecule has 2 aromatic rings. The third-order valence-corrected chi connectivity index (χ3v) is 4.03. The van der Waals surface area contributed by atoms with E-state index < -0.39 is 17.8 Å². The summed E-state index contributed by atoms with van der Waals surface area (Å²) < 4.78 is 0. The van der Waals surface area contributed by atoms with Crippen molar-refractivity contribution in [3.63, 3.8) is 0 Å². The molecular weight excluding hydrogens is 348 g/mol. The lowest BCUT2D eigenvalue weighted by atomic mass is 10.1.